The van der Waals surface area contributed by atoms with Crippen molar-refractivity contribution in [3.05, 3.63) is 23.3 Å². The molecular formula is C11H16N2O3S. The number of anilines is 1. The summed E-state index contributed by atoms with van der Waals surface area (Å²) >= 11 is 0. The second kappa shape index (κ2) is 3.97. The van der Waals surface area contributed by atoms with E-state index in [0.717, 1.165) is 0 Å². The summed E-state index contributed by atoms with van der Waals surface area (Å²) < 4.78 is 25.9. The Bertz CT molecular complexity index is 525. The van der Waals surface area contributed by atoms with E-state index in [9.17, 15) is 13.5 Å². The number of nitrogens with zero attached hydrogens (tertiary/aromatic N) is 1. The monoisotopic (exact) mass is 256 g/mol. The molecule has 1 aromatic rings. The predicted octanol–water partition coefficient (Wildman–Crippen LogP) is 0.251. The van der Waals surface area contributed by atoms with Crippen LogP contribution >= 0.6 is 0 Å². The van der Waals surface area contributed by atoms with E-state index in [1.54, 1.807) is 26.0 Å². The average Bonchev–Trinajstić information content (AvgIpc) is 2.10. The van der Waals surface area contributed by atoms with Gasteiger partial charge in [0.15, 0.2) is 0 Å². The number of hydrogen-bond acceptors (Lipinski definition) is 4. The van der Waals surface area contributed by atoms with E-state index in [1.807, 2.05) is 0 Å². The number of β-amino-alcohol motifs (C(OH)–C–C–N with tert-alkyl or cyclic N) is 1. The number of nitrogen functional groups attached to an aromatic ring is 1. The van der Waals surface area contributed by atoms with E-state index < -0.39 is 16.1 Å². The van der Waals surface area contributed by atoms with Gasteiger partial charge in [0.1, 0.15) is 0 Å². The Balaban J connectivity index is 2.47. The minimum atomic E-state index is -3.50. The molecule has 0 spiro atoms. The topological polar surface area (TPSA) is 83.6 Å². The van der Waals surface area contributed by atoms with Gasteiger partial charge >= 0.3 is 0 Å². The molecule has 1 aromatic carbocycles. The van der Waals surface area contributed by atoms with Crippen molar-refractivity contribution in [1.82, 2.24) is 4.31 Å². The highest BCUT2D eigenvalue weighted by molar-refractivity contribution is 7.89. The lowest BCUT2D eigenvalue weighted by Gasteiger charge is -2.35. The zero-order valence-electron chi connectivity index (χ0n) is 9.84. The zero-order chi connectivity index (χ0) is 12.8. The zero-order valence-corrected chi connectivity index (χ0v) is 10.7. The van der Waals surface area contributed by atoms with Crippen LogP contribution in [0.3, 0.4) is 0 Å². The van der Waals surface area contributed by atoms with Gasteiger partial charge in [-0.25, -0.2) is 8.42 Å². The number of aliphatic hydroxyl groups excluding tert-OH is 1. The molecular weight excluding hydrogens is 240 g/mol. The van der Waals surface area contributed by atoms with Crippen molar-refractivity contribution in [2.45, 2.75) is 24.8 Å². The van der Waals surface area contributed by atoms with E-state index >= 15 is 0 Å². The van der Waals surface area contributed by atoms with Gasteiger partial charge in [0.05, 0.1) is 11.0 Å². The normalized spacial score (nSPS) is 18.1. The second-order valence-corrected chi connectivity index (χ2v) is 6.33. The fourth-order valence-corrected chi connectivity index (χ4v) is 4.06. The van der Waals surface area contributed by atoms with Gasteiger partial charge in [-0.15, -0.1) is 0 Å². The third-order valence-corrected chi connectivity index (χ3v) is 5.05. The van der Waals surface area contributed by atoms with Gasteiger partial charge in [-0.05, 0) is 37.1 Å². The highest BCUT2D eigenvalue weighted by Gasteiger charge is 2.37. The highest BCUT2D eigenvalue weighted by Crippen LogP contribution is 2.28. The molecule has 3 N–H and O–H groups in total. The molecule has 0 bridgehead atoms. The molecule has 1 saturated heterocycles. The maximum atomic E-state index is 12.3. The van der Waals surface area contributed by atoms with Crippen LogP contribution in [0.2, 0.25) is 0 Å². The molecule has 6 heteroatoms. The summed E-state index contributed by atoms with van der Waals surface area (Å²) in [5, 5.41) is 9.19. The number of aryl methyl sites for hydroxylation is 2. The number of aliphatic hydroxyl groups is 1. The summed E-state index contributed by atoms with van der Waals surface area (Å²) in [6, 6.07) is 3.30. The fourth-order valence-electron chi connectivity index (χ4n) is 2.13. The SMILES string of the molecule is Cc1cc(N)cc(C)c1S(=O)(=O)N1CC(O)C1. The molecule has 0 radical (unpaired) electrons. The van der Waals surface area contributed by atoms with Crippen molar-refractivity contribution < 1.29 is 13.5 Å². The molecule has 0 amide bonds. The first-order chi connectivity index (χ1) is 7.82. The molecule has 2 rings (SSSR count). The Morgan fingerprint density at radius 1 is 1.29 bits per heavy atom. The number of nitrogens with two attached hydrogens (primary N) is 1. The number of benzene rings is 1. The lowest BCUT2D eigenvalue weighted by molar-refractivity contribution is 0.0547. The molecule has 0 aliphatic carbocycles. The molecule has 1 heterocycles. The van der Waals surface area contributed by atoms with Crippen molar-refractivity contribution in [3.63, 3.8) is 0 Å². The molecule has 94 valence electrons. The smallest absolute Gasteiger partial charge is 0.243 e. The van der Waals surface area contributed by atoms with Gasteiger partial charge in [0.2, 0.25) is 10.0 Å². The van der Waals surface area contributed by atoms with Gasteiger partial charge < -0.3 is 10.8 Å². The third-order valence-electron chi connectivity index (χ3n) is 2.91. The predicted molar refractivity (Wildman–Crippen MR) is 65.1 cm³/mol. The van der Waals surface area contributed by atoms with Crippen LogP contribution in [0.1, 0.15) is 11.1 Å². The fraction of sp³-hybridized carbons (Fsp3) is 0.455. The van der Waals surface area contributed by atoms with Crippen LogP contribution in [-0.4, -0.2) is 37.0 Å². The van der Waals surface area contributed by atoms with Gasteiger partial charge in [0.25, 0.3) is 0 Å². The van der Waals surface area contributed by atoms with Crippen LogP contribution in [-0.2, 0) is 10.0 Å². The summed E-state index contributed by atoms with van der Waals surface area (Å²) in [5.41, 5.74) is 7.51. The van der Waals surface area contributed by atoms with Crippen molar-refractivity contribution in [2.24, 2.45) is 0 Å². The molecule has 17 heavy (non-hydrogen) atoms. The van der Waals surface area contributed by atoms with Crippen LogP contribution in [0.15, 0.2) is 17.0 Å². The van der Waals surface area contributed by atoms with E-state index in [0.29, 0.717) is 21.7 Å². The Morgan fingerprint density at radius 3 is 2.18 bits per heavy atom. The number of hydrogen-bond donors (Lipinski definition) is 2. The minimum absolute atomic E-state index is 0.172. The lowest BCUT2D eigenvalue weighted by atomic mass is 10.1. The van der Waals surface area contributed by atoms with Crippen LogP contribution in [0, 0.1) is 13.8 Å². The van der Waals surface area contributed by atoms with Gasteiger partial charge in [0, 0.05) is 18.8 Å². The number of sulfonamides is 1. The lowest BCUT2D eigenvalue weighted by Crippen LogP contribution is -2.53. The standard InChI is InChI=1S/C11H16N2O3S/c1-7-3-9(12)4-8(2)11(7)17(15,16)13-5-10(14)6-13/h3-4,10,14H,5-6,12H2,1-2H3. The van der Waals surface area contributed by atoms with Crippen LogP contribution in [0.5, 0.6) is 0 Å². The number of rotatable bonds is 2. The first kappa shape index (κ1) is 12.3. The largest absolute Gasteiger partial charge is 0.399 e. The van der Waals surface area contributed by atoms with Crippen molar-refractivity contribution in [3.8, 4) is 0 Å². The average molecular weight is 256 g/mol. The summed E-state index contributed by atoms with van der Waals surface area (Å²) in [6.45, 7) is 3.80. The van der Waals surface area contributed by atoms with Crippen molar-refractivity contribution >= 4 is 15.7 Å². The van der Waals surface area contributed by atoms with E-state index in [2.05, 4.69) is 0 Å². The summed E-state index contributed by atoms with van der Waals surface area (Å²) in [4.78, 5) is 0.304. The molecule has 0 saturated carbocycles. The van der Waals surface area contributed by atoms with Crippen molar-refractivity contribution in [2.75, 3.05) is 18.8 Å². The molecule has 0 unspecified atom stereocenters. The molecule has 5 nitrogen and oxygen atoms in total. The molecule has 0 aromatic heterocycles. The van der Waals surface area contributed by atoms with E-state index in [4.69, 9.17) is 5.73 Å². The third kappa shape index (κ3) is 2.03. The van der Waals surface area contributed by atoms with Crippen LogP contribution in [0.4, 0.5) is 5.69 Å². The summed E-state index contributed by atoms with van der Waals surface area (Å²) in [6.07, 6.45) is -0.542. The Hall–Kier alpha value is -1.11. The minimum Gasteiger partial charge on any atom is -0.399 e. The van der Waals surface area contributed by atoms with Gasteiger partial charge in [-0.2, -0.15) is 4.31 Å². The first-order valence-electron chi connectivity index (χ1n) is 5.37. The molecule has 1 aliphatic heterocycles. The first-order valence-corrected chi connectivity index (χ1v) is 6.81. The van der Waals surface area contributed by atoms with Crippen molar-refractivity contribution in [1.29, 1.82) is 0 Å². The van der Waals surface area contributed by atoms with E-state index in [1.165, 1.54) is 4.31 Å². The highest BCUT2D eigenvalue weighted by atomic mass is 32.2. The maximum Gasteiger partial charge on any atom is 0.243 e. The Morgan fingerprint density at radius 2 is 1.76 bits per heavy atom. The maximum absolute atomic E-state index is 12.3. The second-order valence-electron chi connectivity index (χ2n) is 4.46. The molecule has 1 fully saturated rings. The van der Waals surface area contributed by atoms with Gasteiger partial charge in [-0.1, -0.05) is 0 Å². The Labute approximate surface area is 101 Å². The molecule has 1 aliphatic rings. The molecule has 0 atom stereocenters. The summed E-state index contributed by atoms with van der Waals surface area (Å²) in [5.74, 6) is 0. The van der Waals surface area contributed by atoms with Crippen LogP contribution < -0.4 is 5.73 Å². The quantitative estimate of drug-likeness (QED) is 0.743. The van der Waals surface area contributed by atoms with E-state index in [-0.39, 0.29) is 13.1 Å². The Kier molecular flexibility index (Phi) is 2.89. The summed E-state index contributed by atoms with van der Waals surface area (Å²) in [7, 11) is -3.50. The van der Waals surface area contributed by atoms with Crippen LogP contribution in [0.25, 0.3) is 0 Å². The van der Waals surface area contributed by atoms with Gasteiger partial charge in [-0.3, -0.25) is 0 Å².